The van der Waals surface area contributed by atoms with E-state index in [0.717, 1.165) is 0 Å². The number of nitriles is 1. The van der Waals surface area contributed by atoms with Crippen molar-refractivity contribution >= 4 is 15.7 Å². The first-order valence-electron chi connectivity index (χ1n) is 6.24. The van der Waals surface area contributed by atoms with Crippen LogP contribution in [0.1, 0.15) is 25.8 Å². The first-order chi connectivity index (χ1) is 9.31. The molecular weight excluding hydrogens is 278 g/mol. The molecule has 1 aromatic rings. The number of aliphatic hydroxyl groups is 1. The number of nitrogens with two attached hydrogens (primary N) is 1. The molecule has 0 aromatic heterocycles. The number of aliphatic hydroxyl groups excluding tert-OH is 1. The molecular formula is C13H19N3O3S. The minimum absolute atomic E-state index is 0.00371. The lowest BCUT2D eigenvalue weighted by atomic mass is 10.0. The lowest BCUT2D eigenvalue weighted by Gasteiger charge is -2.21. The van der Waals surface area contributed by atoms with Gasteiger partial charge in [0.15, 0.2) is 0 Å². The summed E-state index contributed by atoms with van der Waals surface area (Å²) in [5, 5.41) is 18.0. The Morgan fingerprint density at radius 2 is 2.10 bits per heavy atom. The van der Waals surface area contributed by atoms with E-state index in [9.17, 15) is 8.42 Å². The van der Waals surface area contributed by atoms with Crippen molar-refractivity contribution in [3.63, 3.8) is 0 Å². The molecule has 0 heterocycles. The largest absolute Gasteiger partial charge is 0.399 e. The Labute approximate surface area is 119 Å². The summed E-state index contributed by atoms with van der Waals surface area (Å²) < 4.78 is 27.2. The Kier molecular flexibility index (Phi) is 5.51. The number of anilines is 1. The number of sulfonamides is 1. The van der Waals surface area contributed by atoms with Crippen LogP contribution in [-0.2, 0) is 10.0 Å². The van der Waals surface area contributed by atoms with E-state index < -0.39 is 16.1 Å². The Hall–Kier alpha value is -1.62. The number of rotatable bonds is 6. The fourth-order valence-corrected chi connectivity index (χ4v) is 3.36. The van der Waals surface area contributed by atoms with Crippen LogP contribution < -0.4 is 10.5 Å². The zero-order valence-corrected chi connectivity index (χ0v) is 12.3. The van der Waals surface area contributed by atoms with E-state index >= 15 is 0 Å². The van der Waals surface area contributed by atoms with Crippen LogP contribution in [0.4, 0.5) is 5.69 Å². The summed E-state index contributed by atoms with van der Waals surface area (Å²) in [6, 6.07) is 5.51. The summed E-state index contributed by atoms with van der Waals surface area (Å²) in [7, 11) is -3.83. The molecule has 0 aliphatic heterocycles. The van der Waals surface area contributed by atoms with E-state index in [-0.39, 0.29) is 23.0 Å². The molecule has 1 aromatic carbocycles. The van der Waals surface area contributed by atoms with Crippen LogP contribution in [0.3, 0.4) is 0 Å². The van der Waals surface area contributed by atoms with Gasteiger partial charge in [0.1, 0.15) is 6.07 Å². The van der Waals surface area contributed by atoms with Gasteiger partial charge in [-0.25, -0.2) is 13.1 Å². The molecule has 20 heavy (non-hydrogen) atoms. The van der Waals surface area contributed by atoms with Crippen LogP contribution >= 0.6 is 0 Å². The molecule has 1 unspecified atom stereocenters. The highest BCUT2D eigenvalue weighted by Crippen LogP contribution is 2.19. The first-order valence-corrected chi connectivity index (χ1v) is 7.73. The minimum Gasteiger partial charge on any atom is -0.399 e. The second-order valence-corrected chi connectivity index (χ2v) is 6.53. The highest BCUT2D eigenvalue weighted by atomic mass is 32.2. The van der Waals surface area contributed by atoms with E-state index in [1.165, 1.54) is 18.2 Å². The van der Waals surface area contributed by atoms with Crippen LogP contribution in [0.25, 0.3) is 0 Å². The standard InChI is InChI=1S/C13H19N3O3S/c1-9(2)12(5-6-17)16-20(18,19)13-4-3-11(15)7-10(13)8-14/h3-4,7,9,12,16-17H,5-6,15H2,1-2H3. The third-order valence-electron chi connectivity index (χ3n) is 2.96. The maximum absolute atomic E-state index is 12.3. The molecule has 0 aliphatic carbocycles. The van der Waals surface area contributed by atoms with Gasteiger partial charge in [-0.15, -0.1) is 0 Å². The van der Waals surface area contributed by atoms with Crippen molar-refractivity contribution in [3.05, 3.63) is 23.8 Å². The first kappa shape index (κ1) is 16.4. The van der Waals surface area contributed by atoms with Crippen molar-refractivity contribution in [1.29, 1.82) is 5.26 Å². The Morgan fingerprint density at radius 1 is 1.45 bits per heavy atom. The number of nitrogens with zero attached hydrogens (tertiary/aromatic N) is 1. The molecule has 0 radical (unpaired) electrons. The molecule has 0 aliphatic rings. The van der Waals surface area contributed by atoms with E-state index in [2.05, 4.69) is 4.72 Å². The molecule has 7 heteroatoms. The second kappa shape index (κ2) is 6.70. The molecule has 6 nitrogen and oxygen atoms in total. The van der Waals surface area contributed by atoms with Crippen LogP contribution in [0, 0.1) is 17.2 Å². The average molecular weight is 297 g/mol. The van der Waals surface area contributed by atoms with Crippen molar-refractivity contribution in [2.24, 2.45) is 5.92 Å². The third kappa shape index (κ3) is 3.93. The van der Waals surface area contributed by atoms with Crippen LogP contribution in [0.2, 0.25) is 0 Å². The molecule has 0 spiro atoms. The number of nitrogen functional groups attached to an aromatic ring is 1. The number of hydrogen-bond acceptors (Lipinski definition) is 5. The van der Waals surface area contributed by atoms with Gasteiger partial charge in [0.2, 0.25) is 10.0 Å². The Bertz CT molecular complexity index is 606. The highest BCUT2D eigenvalue weighted by Gasteiger charge is 2.24. The summed E-state index contributed by atoms with van der Waals surface area (Å²) in [5.41, 5.74) is 5.88. The van der Waals surface area contributed by atoms with Crippen molar-refractivity contribution in [3.8, 4) is 6.07 Å². The minimum atomic E-state index is -3.83. The molecule has 110 valence electrons. The van der Waals surface area contributed by atoms with Gasteiger partial charge < -0.3 is 10.8 Å². The smallest absolute Gasteiger partial charge is 0.242 e. The molecule has 0 amide bonds. The fraction of sp³-hybridized carbons (Fsp3) is 0.462. The third-order valence-corrected chi connectivity index (χ3v) is 4.51. The van der Waals surface area contributed by atoms with Crippen LogP contribution in [-0.4, -0.2) is 26.2 Å². The van der Waals surface area contributed by atoms with Gasteiger partial charge >= 0.3 is 0 Å². The summed E-state index contributed by atoms with van der Waals surface area (Å²) in [5.74, 6) is 0.0243. The molecule has 0 saturated heterocycles. The number of benzene rings is 1. The van der Waals surface area contributed by atoms with Crippen LogP contribution in [0.15, 0.2) is 23.1 Å². The zero-order valence-electron chi connectivity index (χ0n) is 11.5. The SMILES string of the molecule is CC(C)C(CCO)NS(=O)(=O)c1ccc(N)cc1C#N. The predicted octanol–water partition coefficient (Wildman–Crippen LogP) is 0.826. The van der Waals surface area contributed by atoms with Crippen molar-refractivity contribution < 1.29 is 13.5 Å². The molecule has 4 N–H and O–H groups in total. The summed E-state index contributed by atoms with van der Waals surface area (Å²) in [6.45, 7) is 3.60. The Morgan fingerprint density at radius 3 is 2.60 bits per heavy atom. The van der Waals surface area contributed by atoms with Gasteiger partial charge in [-0.3, -0.25) is 0 Å². The summed E-state index contributed by atoms with van der Waals surface area (Å²) in [6.07, 6.45) is 0.313. The monoisotopic (exact) mass is 297 g/mol. The Balaban J connectivity index is 3.14. The van der Waals surface area contributed by atoms with Crippen molar-refractivity contribution in [2.75, 3.05) is 12.3 Å². The topological polar surface area (TPSA) is 116 Å². The van der Waals surface area contributed by atoms with Crippen molar-refractivity contribution in [1.82, 2.24) is 4.72 Å². The van der Waals surface area contributed by atoms with Gasteiger partial charge in [-0.2, -0.15) is 5.26 Å². The van der Waals surface area contributed by atoms with Crippen LogP contribution in [0.5, 0.6) is 0 Å². The zero-order chi connectivity index (χ0) is 15.3. The van der Waals surface area contributed by atoms with E-state index in [1.54, 1.807) is 0 Å². The maximum atomic E-state index is 12.3. The predicted molar refractivity (Wildman–Crippen MR) is 76.2 cm³/mol. The quantitative estimate of drug-likeness (QED) is 0.672. The molecule has 0 fully saturated rings. The second-order valence-electron chi connectivity index (χ2n) is 4.85. The summed E-state index contributed by atoms with van der Waals surface area (Å²) in [4.78, 5) is -0.0993. The number of nitrogens with one attached hydrogen (secondary N) is 1. The lowest BCUT2D eigenvalue weighted by molar-refractivity contribution is 0.256. The van der Waals surface area contributed by atoms with Gasteiger partial charge in [0.25, 0.3) is 0 Å². The average Bonchev–Trinajstić information content (AvgIpc) is 2.37. The summed E-state index contributed by atoms with van der Waals surface area (Å²) >= 11 is 0. The van der Waals surface area contributed by atoms with Gasteiger partial charge in [-0.1, -0.05) is 13.8 Å². The van der Waals surface area contributed by atoms with Gasteiger partial charge in [0.05, 0.1) is 10.5 Å². The van der Waals surface area contributed by atoms with E-state index in [4.69, 9.17) is 16.1 Å². The van der Waals surface area contributed by atoms with E-state index in [0.29, 0.717) is 12.1 Å². The van der Waals surface area contributed by atoms with Crippen molar-refractivity contribution in [2.45, 2.75) is 31.2 Å². The highest BCUT2D eigenvalue weighted by molar-refractivity contribution is 7.89. The van der Waals surface area contributed by atoms with E-state index in [1.807, 2.05) is 19.9 Å². The lowest BCUT2D eigenvalue weighted by Crippen LogP contribution is -2.39. The fourth-order valence-electron chi connectivity index (χ4n) is 1.80. The number of hydrogen-bond donors (Lipinski definition) is 3. The molecule has 0 bridgehead atoms. The van der Waals surface area contributed by atoms with Gasteiger partial charge in [-0.05, 0) is 30.5 Å². The molecule has 0 saturated carbocycles. The normalized spacial score (nSPS) is 13.2. The molecule has 1 rings (SSSR count). The maximum Gasteiger partial charge on any atom is 0.242 e. The molecule has 1 atom stereocenters. The van der Waals surface area contributed by atoms with Gasteiger partial charge in [0, 0.05) is 18.3 Å².